The number of nitrogens with zero attached hydrogens (tertiary/aromatic N) is 1. The fourth-order valence-electron chi connectivity index (χ4n) is 2.06. The molecule has 0 bridgehead atoms. The zero-order valence-corrected chi connectivity index (χ0v) is 12.8. The molecule has 1 aromatic heterocycles. The fraction of sp³-hybridized carbons (Fsp3) is 0.235. The van der Waals surface area contributed by atoms with Gasteiger partial charge in [-0.1, -0.05) is 12.2 Å². The van der Waals surface area contributed by atoms with E-state index in [1.54, 1.807) is 51.9 Å². The number of aliphatic hydroxyl groups is 1. The number of benzene rings is 1. The van der Waals surface area contributed by atoms with Crippen molar-refractivity contribution in [2.24, 2.45) is 0 Å². The lowest BCUT2D eigenvalue weighted by Gasteiger charge is -2.15. The molecule has 0 saturated carbocycles. The Bertz CT molecular complexity index is 615. The second-order valence-electron chi connectivity index (χ2n) is 4.54. The summed E-state index contributed by atoms with van der Waals surface area (Å²) in [5, 5.41) is 10.3. The van der Waals surface area contributed by atoms with Crippen LogP contribution in [0.15, 0.2) is 42.7 Å². The van der Waals surface area contributed by atoms with Gasteiger partial charge in [0.15, 0.2) is 11.5 Å². The molecular formula is C17H19NO4. The molecule has 1 N–H and O–H groups in total. The molecule has 0 saturated heterocycles. The number of aliphatic hydroxyl groups excluding tert-OH is 1. The minimum atomic E-state index is -0.790. The summed E-state index contributed by atoms with van der Waals surface area (Å²) in [6, 6.07) is 7.17. The van der Waals surface area contributed by atoms with E-state index < -0.39 is 6.10 Å². The van der Waals surface area contributed by atoms with Gasteiger partial charge in [0.2, 0.25) is 5.75 Å². The number of aromatic nitrogens is 1. The van der Waals surface area contributed by atoms with Gasteiger partial charge in [-0.2, -0.15) is 0 Å². The maximum atomic E-state index is 10.3. The minimum absolute atomic E-state index is 0.499. The van der Waals surface area contributed by atoms with E-state index in [9.17, 15) is 5.11 Å². The molecule has 5 heteroatoms. The van der Waals surface area contributed by atoms with Crippen molar-refractivity contribution < 1.29 is 19.3 Å². The van der Waals surface area contributed by atoms with Crippen molar-refractivity contribution in [1.82, 2.24) is 4.98 Å². The van der Waals surface area contributed by atoms with Crippen molar-refractivity contribution in [3.05, 3.63) is 53.9 Å². The molecule has 5 nitrogen and oxygen atoms in total. The van der Waals surface area contributed by atoms with Gasteiger partial charge in [-0.3, -0.25) is 4.98 Å². The molecule has 0 unspecified atom stereocenters. The summed E-state index contributed by atoms with van der Waals surface area (Å²) in [5.74, 6) is 1.51. The maximum Gasteiger partial charge on any atom is 0.203 e. The van der Waals surface area contributed by atoms with Crippen molar-refractivity contribution in [2.75, 3.05) is 21.3 Å². The van der Waals surface area contributed by atoms with Gasteiger partial charge in [-0.25, -0.2) is 0 Å². The number of pyridine rings is 1. The second-order valence-corrected chi connectivity index (χ2v) is 4.54. The summed E-state index contributed by atoms with van der Waals surface area (Å²) < 4.78 is 15.8. The Balaban J connectivity index is 2.29. The molecule has 0 spiro atoms. The Labute approximate surface area is 129 Å². The Kier molecular flexibility index (Phi) is 5.38. The third-order valence-electron chi connectivity index (χ3n) is 3.21. The highest BCUT2D eigenvalue weighted by molar-refractivity contribution is 5.56. The topological polar surface area (TPSA) is 60.8 Å². The van der Waals surface area contributed by atoms with E-state index in [-0.39, 0.29) is 0 Å². The highest BCUT2D eigenvalue weighted by Gasteiger charge is 2.15. The molecule has 0 aliphatic rings. The molecule has 0 radical (unpaired) electrons. The molecule has 0 aliphatic carbocycles. The molecule has 2 rings (SSSR count). The number of rotatable bonds is 6. The zero-order valence-electron chi connectivity index (χ0n) is 12.8. The number of hydrogen-bond acceptors (Lipinski definition) is 5. The van der Waals surface area contributed by atoms with E-state index >= 15 is 0 Å². The van der Waals surface area contributed by atoms with Crippen LogP contribution in [0.1, 0.15) is 17.2 Å². The van der Waals surface area contributed by atoms with E-state index in [1.807, 2.05) is 18.2 Å². The summed E-state index contributed by atoms with van der Waals surface area (Å²) in [7, 11) is 4.63. The van der Waals surface area contributed by atoms with E-state index in [1.165, 1.54) is 0 Å². The lowest BCUT2D eigenvalue weighted by molar-refractivity contribution is 0.227. The van der Waals surface area contributed by atoms with Crippen LogP contribution in [0.3, 0.4) is 0 Å². The molecule has 1 heterocycles. The highest BCUT2D eigenvalue weighted by atomic mass is 16.5. The van der Waals surface area contributed by atoms with E-state index in [0.717, 1.165) is 5.56 Å². The van der Waals surface area contributed by atoms with Crippen molar-refractivity contribution in [2.45, 2.75) is 6.10 Å². The van der Waals surface area contributed by atoms with Crippen LogP contribution in [0.25, 0.3) is 6.08 Å². The van der Waals surface area contributed by atoms with Crippen molar-refractivity contribution in [1.29, 1.82) is 0 Å². The van der Waals surface area contributed by atoms with E-state index in [2.05, 4.69) is 4.98 Å². The molecule has 0 aliphatic heterocycles. The molecule has 0 fully saturated rings. The highest BCUT2D eigenvalue weighted by Crippen LogP contribution is 2.39. The van der Waals surface area contributed by atoms with Crippen LogP contribution in [0.5, 0.6) is 17.2 Å². The van der Waals surface area contributed by atoms with Gasteiger partial charge >= 0.3 is 0 Å². The van der Waals surface area contributed by atoms with Gasteiger partial charge in [0.05, 0.1) is 27.4 Å². The Morgan fingerprint density at radius 3 is 2.09 bits per heavy atom. The van der Waals surface area contributed by atoms with Gasteiger partial charge in [0, 0.05) is 12.4 Å². The van der Waals surface area contributed by atoms with Crippen molar-refractivity contribution in [3.63, 3.8) is 0 Å². The van der Waals surface area contributed by atoms with Gasteiger partial charge in [-0.15, -0.1) is 0 Å². The smallest absolute Gasteiger partial charge is 0.203 e. The van der Waals surface area contributed by atoms with Crippen LogP contribution < -0.4 is 14.2 Å². The largest absolute Gasteiger partial charge is 0.493 e. The van der Waals surface area contributed by atoms with E-state index in [4.69, 9.17) is 14.2 Å². The summed E-state index contributed by atoms with van der Waals surface area (Å²) in [6.45, 7) is 0. The first-order valence-electron chi connectivity index (χ1n) is 6.75. The van der Waals surface area contributed by atoms with Crippen LogP contribution in [0.2, 0.25) is 0 Å². The Hall–Kier alpha value is -2.53. The van der Waals surface area contributed by atoms with Gasteiger partial charge in [-0.05, 0) is 35.4 Å². The molecule has 1 atom stereocenters. The minimum Gasteiger partial charge on any atom is -0.493 e. The predicted octanol–water partition coefficient (Wildman–Crippen LogP) is 2.85. The zero-order chi connectivity index (χ0) is 15.9. The molecular weight excluding hydrogens is 282 g/mol. The van der Waals surface area contributed by atoms with Crippen LogP contribution in [0, 0.1) is 0 Å². The summed E-state index contributed by atoms with van der Waals surface area (Å²) in [6.07, 6.45) is 6.13. The third-order valence-corrected chi connectivity index (χ3v) is 3.21. The SMILES string of the molecule is COc1cc([C@@H](O)/C=C/c2ccncc2)cc(OC)c1OC. The second kappa shape index (κ2) is 7.47. The monoisotopic (exact) mass is 301 g/mol. The molecule has 2 aromatic rings. The van der Waals surface area contributed by atoms with Crippen molar-refractivity contribution in [3.8, 4) is 17.2 Å². The number of hydrogen-bond donors (Lipinski definition) is 1. The lowest BCUT2D eigenvalue weighted by Crippen LogP contribution is -1.99. The van der Waals surface area contributed by atoms with Gasteiger partial charge < -0.3 is 19.3 Å². The normalized spacial score (nSPS) is 12.2. The summed E-state index contributed by atoms with van der Waals surface area (Å²) in [4.78, 5) is 3.95. The number of ether oxygens (including phenoxy) is 3. The number of methoxy groups -OCH3 is 3. The Morgan fingerprint density at radius 2 is 1.59 bits per heavy atom. The van der Waals surface area contributed by atoms with Crippen LogP contribution in [-0.2, 0) is 0 Å². The molecule has 1 aromatic carbocycles. The molecule has 0 amide bonds. The first kappa shape index (κ1) is 15.9. The first-order valence-corrected chi connectivity index (χ1v) is 6.75. The van der Waals surface area contributed by atoms with Crippen LogP contribution in [0.4, 0.5) is 0 Å². The lowest BCUT2D eigenvalue weighted by atomic mass is 10.1. The third kappa shape index (κ3) is 3.56. The maximum absolute atomic E-state index is 10.3. The van der Waals surface area contributed by atoms with Crippen LogP contribution in [-0.4, -0.2) is 31.4 Å². The average molecular weight is 301 g/mol. The first-order chi connectivity index (χ1) is 10.7. The van der Waals surface area contributed by atoms with Crippen molar-refractivity contribution >= 4 is 6.08 Å². The molecule has 116 valence electrons. The van der Waals surface area contributed by atoms with Gasteiger partial charge in [0.1, 0.15) is 0 Å². The average Bonchev–Trinajstić information content (AvgIpc) is 2.59. The summed E-state index contributed by atoms with van der Waals surface area (Å²) in [5.41, 5.74) is 1.61. The van der Waals surface area contributed by atoms with Crippen LogP contribution >= 0.6 is 0 Å². The fourth-order valence-corrected chi connectivity index (χ4v) is 2.06. The quantitative estimate of drug-likeness (QED) is 0.889. The predicted molar refractivity (Wildman–Crippen MR) is 84.3 cm³/mol. The standard InChI is InChI=1S/C17H19NO4/c1-20-15-10-13(11-16(21-2)17(15)22-3)14(19)5-4-12-6-8-18-9-7-12/h4-11,14,19H,1-3H3/b5-4+/t14-/m0/s1. The molecule has 22 heavy (non-hydrogen) atoms. The van der Waals surface area contributed by atoms with E-state index in [0.29, 0.717) is 22.8 Å². The summed E-state index contributed by atoms with van der Waals surface area (Å²) >= 11 is 0. The Morgan fingerprint density at radius 1 is 1.00 bits per heavy atom. The van der Waals surface area contributed by atoms with Gasteiger partial charge in [0.25, 0.3) is 0 Å².